The Kier molecular flexibility index (Phi) is 4.14. The molecule has 0 amide bonds. The molecule has 0 bridgehead atoms. The molecule has 2 rings (SSSR count). The first-order valence-corrected chi connectivity index (χ1v) is 6.85. The summed E-state index contributed by atoms with van der Waals surface area (Å²) in [6.07, 6.45) is 4.66. The normalized spacial score (nSPS) is 11.7. The van der Waals surface area contributed by atoms with E-state index in [-0.39, 0.29) is 28.3 Å². The minimum Gasteiger partial charge on any atom is -0.493 e. The number of allylic oxidation sites excluding steroid dienone is 1. The van der Waals surface area contributed by atoms with Crippen molar-refractivity contribution in [3.8, 4) is 0 Å². The van der Waals surface area contributed by atoms with E-state index in [2.05, 4.69) is 19.9 Å². The maximum atomic E-state index is 11.9. The number of rotatable bonds is 4. The molecule has 104 valence electrons. The third-order valence-corrected chi connectivity index (χ3v) is 3.03. The van der Waals surface area contributed by atoms with Gasteiger partial charge in [-0.25, -0.2) is 15.0 Å². The number of carbonyl (C=O) groups is 1. The molecule has 0 aliphatic carbocycles. The fourth-order valence-electron chi connectivity index (χ4n) is 1.52. The Morgan fingerprint density at radius 1 is 1.45 bits per heavy atom. The van der Waals surface area contributed by atoms with Crippen molar-refractivity contribution in [3.05, 3.63) is 28.0 Å². The number of nitrogens with zero attached hydrogens (tertiary/aromatic N) is 3. The van der Waals surface area contributed by atoms with Gasteiger partial charge in [0.15, 0.2) is 27.9 Å². The van der Waals surface area contributed by atoms with Crippen molar-refractivity contribution in [1.29, 1.82) is 0 Å². The van der Waals surface area contributed by atoms with Gasteiger partial charge in [-0.1, -0.05) is 11.8 Å². The Morgan fingerprint density at radius 3 is 2.80 bits per heavy atom. The highest BCUT2D eigenvalue weighted by Crippen LogP contribution is 2.11. The summed E-state index contributed by atoms with van der Waals surface area (Å²) in [5.41, 5.74) is 0.366. The number of ether oxygens (including phenoxy) is 1. The predicted molar refractivity (Wildman–Crippen MR) is 75.4 cm³/mol. The third kappa shape index (κ3) is 2.85. The molecule has 0 saturated heterocycles. The van der Waals surface area contributed by atoms with Gasteiger partial charge in [0.25, 0.3) is 5.56 Å². The number of fused-ring (bicyclic) bond motifs is 1. The average molecular weight is 292 g/mol. The molecule has 0 saturated carbocycles. The van der Waals surface area contributed by atoms with Crippen LogP contribution in [0.1, 0.15) is 12.6 Å². The first-order chi connectivity index (χ1) is 9.55. The molecule has 0 aliphatic rings. The van der Waals surface area contributed by atoms with Gasteiger partial charge in [-0.2, -0.15) is 0 Å². The maximum Gasteiger partial charge on any atom is 0.279 e. The molecule has 0 aliphatic heterocycles. The van der Waals surface area contributed by atoms with Crippen LogP contribution in [0.2, 0.25) is 0 Å². The Morgan fingerprint density at radius 2 is 2.20 bits per heavy atom. The highest BCUT2D eigenvalue weighted by Gasteiger charge is 2.09. The Labute approximate surface area is 118 Å². The highest BCUT2D eigenvalue weighted by atomic mass is 32.2. The summed E-state index contributed by atoms with van der Waals surface area (Å²) < 4.78 is 4.93. The smallest absolute Gasteiger partial charge is 0.279 e. The van der Waals surface area contributed by atoms with Crippen LogP contribution in [0.4, 0.5) is 0 Å². The molecule has 0 fully saturated rings. The van der Waals surface area contributed by atoms with Crippen LogP contribution in [0.5, 0.6) is 0 Å². The molecule has 8 heteroatoms. The van der Waals surface area contributed by atoms with Crippen LogP contribution in [0.3, 0.4) is 0 Å². The largest absolute Gasteiger partial charge is 0.493 e. The number of aromatic amines is 1. The minimum absolute atomic E-state index is 0.121. The lowest BCUT2D eigenvalue weighted by molar-refractivity contribution is -0.116. The van der Waals surface area contributed by atoms with Crippen molar-refractivity contribution >= 4 is 34.8 Å². The lowest BCUT2D eigenvalue weighted by atomic mass is 10.3. The summed E-state index contributed by atoms with van der Waals surface area (Å²) in [6.45, 7) is 1.38. The van der Waals surface area contributed by atoms with E-state index in [1.165, 1.54) is 38.1 Å². The number of nitrogens with one attached hydrogen (secondary N) is 1. The van der Waals surface area contributed by atoms with Crippen LogP contribution in [0, 0.1) is 0 Å². The fourth-order valence-corrected chi connectivity index (χ4v) is 1.89. The molecule has 2 heterocycles. The number of hydrogen-bond acceptors (Lipinski definition) is 7. The summed E-state index contributed by atoms with van der Waals surface area (Å²) in [6, 6.07) is 0. The molecule has 1 N–H and O–H groups in total. The summed E-state index contributed by atoms with van der Waals surface area (Å²) in [7, 11) is 1.39. The van der Waals surface area contributed by atoms with Crippen molar-refractivity contribution in [2.24, 2.45) is 0 Å². The second-order valence-electron chi connectivity index (χ2n) is 3.81. The number of carbonyl (C=O) groups excluding carboxylic acids is 1. The average Bonchev–Trinajstić information content (AvgIpc) is 2.44. The molecule has 2 aromatic rings. The van der Waals surface area contributed by atoms with Gasteiger partial charge in [-0.15, -0.1) is 0 Å². The van der Waals surface area contributed by atoms with Gasteiger partial charge < -0.3 is 4.74 Å². The van der Waals surface area contributed by atoms with Crippen LogP contribution in [0.15, 0.2) is 21.9 Å². The number of aromatic nitrogens is 4. The number of hydrogen-bond donors (Lipinski definition) is 1. The van der Waals surface area contributed by atoms with Crippen LogP contribution in [0.25, 0.3) is 17.2 Å². The topological polar surface area (TPSA) is 97.8 Å². The Bertz CT molecular complexity index is 754. The summed E-state index contributed by atoms with van der Waals surface area (Å²) in [5, 5.41) is 0.474. The third-order valence-electron chi connectivity index (χ3n) is 2.45. The first-order valence-electron chi connectivity index (χ1n) is 5.63. The van der Waals surface area contributed by atoms with Gasteiger partial charge in [0.05, 0.1) is 19.0 Å². The van der Waals surface area contributed by atoms with Crippen LogP contribution in [-0.2, 0) is 9.53 Å². The van der Waals surface area contributed by atoms with Gasteiger partial charge in [0, 0.05) is 13.0 Å². The number of Topliss-reactive ketones (excluding diaryl/α,β-unsaturated/α-hetero) is 1. The van der Waals surface area contributed by atoms with Crippen molar-refractivity contribution < 1.29 is 9.53 Å². The number of methoxy groups -OCH3 is 1. The van der Waals surface area contributed by atoms with E-state index in [4.69, 9.17) is 4.74 Å². The van der Waals surface area contributed by atoms with Gasteiger partial charge in [0.2, 0.25) is 0 Å². The number of H-pyrrole nitrogens is 1. The second-order valence-corrected chi connectivity index (χ2v) is 4.61. The zero-order valence-corrected chi connectivity index (χ0v) is 11.9. The van der Waals surface area contributed by atoms with Crippen molar-refractivity contribution in [3.63, 3.8) is 0 Å². The van der Waals surface area contributed by atoms with Crippen molar-refractivity contribution in [1.82, 2.24) is 19.9 Å². The summed E-state index contributed by atoms with van der Waals surface area (Å²) >= 11 is 1.31. The van der Waals surface area contributed by atoms with E-state index in [0.717, 1.165) is 0 Å². The van der Waals surface area contributed by atoms with E-state index < -0.39 is 0 Å². The van der Waals surface area contributed by atoms with Crippen LogP contribution < -0.4 is 5.56 Å². The highest BCUT2D eigenvalue weighted by molar-refractivity contribution is 7.98. The zero-order valence-electron chi connectivity index (χ0n) is 11.1. The van der Waals surface area contributed by atoms with Crippen LogP contribution >= 0.6 is 11.8 Å². The van der Waals surface area contributed by atoms with E-state index in [9.17, 15) is 9.59 Å². The molecule has 7 nitrogen and oxygen atoms in total. The zero-order chi connectivity index (χ0) is 14.7. The minimum atomic E-state index is -0.371. The van der Waals surface area contributed by atoms with E-state index in [1.54, 1.807) is 6.26 Å². The maximum absolute atomic E-state index is 11.9. The predicted octanol–water partition coefficient (Wildman–Crippen LogP) is 1.01. The lowest BCUT2D eigenvalue weighted by Gasteiger charge is -2.02. The Balaban J connectivity index is 2.57. The van der Waals surface area contributed by atoms with Crippen molar-refractivity contribution in [2.45, 2.75) is 12.1 Å². The molecule has 0 unspecified atom stereocenters. The van der Waals surface area contributed by atoms with Gasteiger partial charge in [-0.3, -0.25) is 14.6 Å². The number of thioether (sulfide) groups is 1. The van der Waals surface area contributed by atoms with Crippen molar-refractivity contribution in [2.75, 3.05) is 13.4 Å². The molecule has 0 radical (unpaired) electrons. The Hall–Kier alpha value is -2.22. The standard InChI is InChI=1S/C12H12N4O3S/c1-6(17)8(19-2)4-7-5-13-10-9(14-7)11(18)16-12(15-10)20-3/h4-5H,1-3H3,(H,13,15,16,18)/b8-4-. The lowest BCUT2D eigenvalue weighted by Crippen LogP contribution is -2.12. The van der Waals surface area contributed by atoms with Gasteiger partial charge in [-0.05, 0) is 6.26 Å². The van der Waals surface area contributed by atoms with E-state index >= 15 is 0 Å². The monoisotopic (exact) mass is 292 g/mol. The van der Waals surface area contributed by atoms with Crippen LogP contribution in [-0.4, -0.2) is 39.1 Å². The second kappa shape index (κ2) is 5.83. The quantitative estimate of drug-likeness (QED) is 0.388. The van der Waals surface area contributed by atoms with E-state index in [0.29, 0.717) is 10.9 Å². The molecular formula is C12H12N4O3S. The molecule has 0 aromatic carbocycles. The number of ketones is 1. The fraction of sp³-hybridized carbons (Fsp3) is 0.250. The van der Waals surface area contributed by atoms with E-state index in [1.807, 2.05) is 0 Å². The summed E-state index contributed by atoms with van der Waals surface area (Å²) in [4.78, 5) is 38.1. The molecule has 20 heavy (non-hydrogen) atoms. The SMILES string of the molecule is CO/C(=C\c1cnc2nc(SC)[nH]c(=O)c2n1)C(C)=O. The molecular weight excluding hydrogens is 280 g/mol. The van der Waals surface area contributed by atoms with Gasteiger partial charge >= 0.3 is 0 Å². The van der Waals surface area contributed by atoms with Gasteiger partial charge in [0.1, 0.15) is 0 Å². The summed E-state index contributed by atoms with van der Waals surface area (Å²) in [5.74, 6) is -0.0945. The first kappa shape index (κ1) is 14.2. The molecule has 0 atom stereocenters. The molecule has 0 spiro atoms. The molecule has 2 aromatic heterocycles.